The van der Waals surface area contributed by atoms with Gasteiger partial charge >= 0.3 is 5.97 Å². The van der Waals surface area contributed by atoms with Crippen LogP contribution in [-0.2, 0) is 9.53 Å². The zero-order valence-electron chi connectivity index (χ0n) is 7.58. The van der Waals surface area contributed by atoms with Crippen LogP contribution < -0.4 is 0 Å². The van der Waals surface area contributed by atoms with E-state index >= 15 is 0 Å². The Hall–Kier alpha value is -1.01. The molecule has 0 spiro atoms. The predicted molar refractivity (Wildman–Crippen MR) is 48.2 cm³/mol. The number of carboxylic acid groups (broad SMARTS) is 1. The number of ether oxygens (including phenoxy) is 1. The number of hydrogen-bond acceptors (Lipinski definition) is 2. The van der Waals surface area contributed by atoms with Crippen molar-refractivity contribution in [3.63, 3.8) is 0 Å². The Morgan fingerprint density at radius 3 is 3.00 bits per heavy atom. The minimum Gasteiger partial charge on any atom is -0.472 e. The molecule has 0 bridgehead atoms. The lowest BCUT2D eigenvalue weighted by molar-refractivity contribution is -0.130. The Balaban J connectivity index is 2.12. The highest BCUT2D eigenvalue weighted by Gasteiger charge is 2.12. The van der Waals surface area contributed by atoms with Crippen LogP contribution in [0.4, 0.5) is 0 Å². The summed E-state index contributed by atoms with van der Waals surface area (Å²) in [5, 5.41) is 8.25. The summed E-state index contributed by atoms with van der Waals surface area (Å²) in [6, 6.07) is 0. The molecular weight excluding hydrogens is 168 g/mol. The van der Waals surface area contributed by atoms with E-state index in [9.17, 15) is 4.79 Å². The molecule has 0 amide bonds. The summed E-state index contributed by atoms with van der Waals surface area (Å²) in [6.45, 7) is 0.844. The summed E-state index contributed by atoms with van der Waals surface area (Å²) in [5.41, 5.74) is 0. The first-order valence-electron chi connectivity index (χ1n) is 4.62. The second-order valence-corrected chi connectivity index (χ2v) is 3.13. The first-order chi connectivity index (χ1) is 6.29. The third kappa shape index (κ3) is 4.54. The average molecular weight is 182 g/mol. The Kier molecular flexibility index (Phi) is 4.34. The molecule has 3 heteroatoms. The van der Waals surface area contributed by atoms with Crippen molar-refractivity contribution in [3.05, 3.63) is 0 Å². The van der Waals surface area contributed by atoms with Gasteiger partial charge in [0.15, 0.2) is 0 Å². The van der Waals surface area contributed by atoms with Gasteiger partial charge in [-0.3, -0.25) is 0 Å². The molecule has 13 heavy (non-hydrogen) atoms. The molecule has 0 aromatic carbocycles. The van der Waals surface area contributed by atoms with Crippen molar-refractivity contribution in [1.82, 2.24) is 0 Å². The van der Waals surface area contributed by atoms with Gasteiger partial charge in [0, 0.05) is 18.9 Å². The molecule has 72 valence electrons. The molecule has 1 saturated heterocycles. The number of aliphatic carboxylic acids is 1. The summed E-state index contributed by atoms with van der Waals surface area (Å²) < 4.78 is 5.47. The number of hydrogen-bond donors (Lipinski definition) is 1. The van der Waals surface area contributed by atoms with E-state index in [1.165, 1.54) is 6.42 Å². The van der Waals surface area contributed by atoms with Crippen molar-refractivity contribution < 1.29 is 14.6 Å². The van der Waals surface area contributed by atoms with Gasteiger partial charge in [0.1, 0.15) is 0 Å². The van der Waals surface area contributed by atoms with Gasteiger partial charge in [0.2, 0.25) is 0 Å². The normalized spacial score (nSPS) is 21.7. The Morgan fingerprint density at radius 1 is 1.54 bits per heavy atom. The van der Waals surface area contributed by atoms with E-state index in [1.807, 2.05) is 0 Å². The summed E-state index contributed by atoms with van der Waals surface area (Å²) in [7, 11) is 0. The summed E-state index contributed by atoms with van der Waals surface area (Å²) >= 11 is 0. The monoisotopic (exact) mass is 182 g/mol. The molecule has 1 aliphatic rings. The maximum atomic E-state index is 10.0. The van der Waals surface area contributed by atoms with Gasteiger partial charge in [0.05, 0.1) is 6.10 Å². The van der Waals surface area contributed by atoms with Gasteiger partial charge in [0.25, 0.3) is 0 Å². The van der Waals surface area contributed by atoms with Crippen molar-refractivity contribution in [2.75, 3.05) is 6.61 Å². The van der Waals surface area contributed by atoms with Crippen molar-refractivity contribution >= 4 is 5.97 Å². The molecule has 1 fully saturated rings. The van der Waals surface area contributed by atoms with E-state index in [-0.39, 0.29) is 0 Å². The Labute approximate surface area is 78.1 Å². The predicted octanol–water partition coefficient (Wildman–Crippen LogP) is 1.42. The highest BCUT2D eigenvalue weighted by Crippen LogP contribution is 2.16. The van der Waals surface area contributed by atoms with Crippen LogP contribution in [0.25, 0.3) is 0 Å². The SMILES string of the molecule is O=C(O)C#CCCC1CCCCO1. The fourth-order valence-corrected chi connectivity index (χ4v) is 1.41. The molecule has 0 aromatic heterocycles. The minimum absolute atomic E-state index is 0.303. The van der Waals surface area contributed by atoms with E-state index in [4.69, 9.17) is 9.84 Å². The zero-order chi connectivity index (χ0) is 9.52. The molecule has 1 N–H and O–H groups in total. The zero-order valence-corrected chi connectivity index (χ0v) is 7.58. The number of carboxylic acids is 1. The van der Waals surface area contributed by atoms with E-state index in [1.54, 1.807) is 0 Å². The van der Waals surface area contributed by atoms with Gasteiger partial charge in [-0.25, -0.2) is 4.79 Å². The maximum Gasteiger partial charge on any atom is 0.381 e. The van der Waals surface area contributed by atoms with Gasteiger partial charge in [-0.15, -0.1) is 0 Å². The second-order valence-electron chi connectivity index (χ2n) is 3.13. The van der Waals surface area contributed by atoms with Crippen molar-refractivity contribution in [1.29, 1.82) is 0 Å². The number of carbonyl (C=O) groups is 1. The van der Waals surface area contributed by atoms with Crippen LogP contribution in [0, 0.1) is 11.8 Å². The molecule has 1 unspecified atom stereocenters. The van der Waals surface area contributed by atoms with Crippen molar-refractivity contribution in [3.8, 4) is 11.8 Å². The summed E-state index contributed by atoms with van der Waals surface area (Å²) in [4.78, 5) is 10.0. The largest absolute Gasteiger partial charge is 0.472 e. The van der Waals surface area contributed by atoms with Crippen LogP contribution in [0.1, 0.15) is 32.1 Å². The van der Waals surface area contributed by atoms with Crippen LogP contribution in [-0.4, -0.2) is 23.8 Å². The summed E-state index contributed by atoms with van der Waals surface area (Å²) in [6.07, 6.45) is 5.25. The molecule has 3 nitrogen and oxygen atoms in total. The molecular formula is C10H14O3. The van der Waals surface area contributed by atoms with Crippen LogP contribution in [0.2, 0.25) is 0 Å². The lowest BCUT2D eigenvalue weighted by atomic mass is 10.1. The smallest absolute Gasteiger partial charge is 0.381 e. The van der Waals surface area contributed by atoms with E-state index in [0.717, 1.165) is 25.9 Å². The average Bonchev–Trinajstić information content (AvgIpc) is 2.14. The molecule has 1 heterocycles. The minimum atomic E-state index is -1.05. The van der Waals surface area contributed by atoms with Crippen LogP contribution in [0.3, 0.4) is 0 Å². The lowest BCUT2D eigenvalue weighted by Gasteiger charge is -2.21. The molecule has 0 saturated carbocycles. The Bertz CT molecular complexity index is 218. The standard InChI is InChI=1S/C10H14O3/c11-10(12)7-2-1-5-9-6-3-4-8-13-9/h9H,1,3-6,8H2,(H,11,12). The van der Waals surface area contributed by atoms with Gasteiger partial charge in [-0.05, 0) is 25.7 Å². The quantitative estimate of drug-likeness (QED) is 0.657. The molecule has 1 aliphatic heterocycles. The second kappa shape index (κ2) is 5.60. The third-order valence-electron chi connectivity index (χ3n) is 2.06. The third-order valence-corrected chi connectivity index (χ3v) is 2.06. The number of rotatable bonds is 2. The molecule has 1 atom stereocenters. The molecule has 0 aliphatic carbocycles. The van der Waals surface area contributed by atoms with E-state index in [2.05, 4.69) is 11.8 Å². The van der Waals surface area contributed by atoms with Crippen LogP contribution in [0.15, 0.2) is 0 Å². The van der Waals surface area contributed by atoms with E-state index in [0.29, 0.717) is 12.5 Å². The topological polar surface area (TPSA) is 46.5 Å². The Morgan fingerprint density at radius 2 is 2.38 bits per heavy atom. The first kappa shape index (κ1) is 10.1. The van der Waals surface area contributed by atoms with Gasteiger partial charge in [-0.1, -0.05) is 5.92 Å². The molecule has 0 aromatic rings. The van der Waals surface area contributed by atoms with Crippen molar-refractivity contribution in [2.24, 2.45) is 0 Å². The highest BCUT2D eigenvalue weighted by atomic mass is 16.5. The van der Waals surface area contributed by atoms with E-state index < -0.39 is 5.97 Å². The molecule has 1 rings (SSSR count). The highest BCUT2D eigenvalue weighted by molar-refractivity contribution is 5.86. The van der Waals surface area contributed by atoms with Gasteiger partial charge in [-0.2, -0.15) is 0 Å². The lowest BCUT2D eigenvalue weighted by Crippen LogP contribution is -2.18. The first-order valence-corrected chi connectivity index (χ1v) is 4.62. The summed E-state index contributed by atoms with van der Waals surface area (Å²) in [5.74, 6) is 3.65. The fraction of sp³-hybridized carbons (Fsp3) is 0.700. The fourth-order valence-electron chi connectivity index (χ4n) is 1.41. The van der Waals surface area contributed by atoms with Crippen LogP contribution >= 0.6 is 0 Å². The van der Waals surface area contributed by atoms with Crippen LogP contribution in [0.5, 0.6) is 0 Å². The van der Waals surface area contributed by atoms with Gasteiger partial charge < -0.3 is 9.84 Å². The van der Waals surface area contributed by atoms with Crippen molar-refractivity contribution in [2.45, 2.75) is 38.2 Å². The molecule has 0 radical (unpaired) electrons. The maximum absolute atomic E-state index is 10.0.